The maximum absolute atomic E-state index is 11.8. The first-order valence-electron chi connectivity index (χ1n) is 7.72. The molecule has 0 bridgehead atoms. The van der Waals surface area contributed by atoms with Crippen LogP contribution in [0, 0.1) is 0 Å². The summed E-state index contributed by atoms with van der Waals surface area (Å²) in [7, 11) is 0. The largest absolute Gasteiger partial charge is 0.493 e. The van der Waals surface area contributed by atoms with Crippen LogP contribution >= 0.6 is 11.3 Å². The molecule has 118 valence electrons. The Morgan fingerprint density at radius 2 is 1.83 bits per heavy atom. The second kappa shape index (κ2) is 7.79. The highest BCUT2D eigenvalue weighted by Crippen LogP contribution is 2.25. The molecular weight excluding hydrogens is 306 g/mol. The van der Waals surface area contributed by atoms with E-state index in [4.69, 9.17) is 4.74 Å². The molecule has 0 saturated carbocycles. The van der Waals surface area contributed by atoms with Gasteiger partial charge in [-0.15, -0.1) is 11.3 Å². The van der Waals surface area contributed by atoms with Crippen LogP contribution in [0.25, 0.3) is 10.1 Å². The van der Waals surface area contributed by atoms with Gasteiger partial charge in [0.05, 0.1) is 13.0 Å². The Balaban J connectivity index is 1.39. The van der Waals surface area contributed by atoms with Crippen molar-refractivity contribution in [3.63, 3.8) is 0 Å². The van der Waals surface area contributed by atoms with Crippen molar-refractivity contribution >= 4 is 27.3 Å². The predicted octanol–water partition coefficient (Wildman–Crippen LogP) is 4.03. The van der Waals surface area contributed by atoms with E-state index in [1.54, 1.807) is 11.3 Å². The summed E-state index contributed by atoms with van der Waals surface area (Å²) in [4.78, 5) is 11.8. The molecule has 4 heteroatoms. The van der Waals surface area contributed by atoms with Crippen LogP contribution in [0.2, 0.25) is 0 Å². The van der Waals surface area contributed by atoms with Crippen LogP contribution in [0.15, 0.2) is 60.0 Å². The maximum atomic E-state index is 11.8. The topological polar surface area (TPSA) is 38.3 Å². The minimum Gasteiger partial charge on any atom is -0.493 e. The molecule has 0 aliphatic carbocycles. The molecule has 0 fully saturated rings. The number of nitrogens with one attached hydrogen (secondary N) is 1. The van der Waals surface area contributed by atoms with Crippen LogP contribution in [0.3, 0.4) is 0 Å². The lowest BCUT2D eigenvalue weighted by molar-refractivity contribution is -0.121. The lowest BCUT2D eigenvalue weighted by Gasteiger charge is -2.07. The summed E-state index contributed by atoms with van der Waals surface area (Å²) in [6, 6.07) is 17.9. The zero-order valence-corrected chi connectivity index (χ0v) is 13.6. The van der Waals surface area contributed by atoms with Gasteiger partial charge in [-0.05, 0) is 40.9 Å². The highest BCUT2D eigenvalue weighted by molar-refractivity contribution is 7.17. The summed E-state index contributed by atoms with van der Waals surface area (Å²) >= 11 is 1.75. The van der Waals surface area contributed by atoms with Gasteiger partial charge in [-0.1, -0.05) is 36.4 Å². The van der Waals surface area contributed by atoms with E-state index in [1.165, 1.54) is 15.6 Å². The third-order valence-electron chi connectivity index (χ3n) is 3.62. The number of benzene rings is 2. The first kappa shape index (κ1) is 15.6. The Morgan fingerprint density at radius 1 is 1.04 bits per heavy atom. The van der Waals surface area contributed by atoms with Crippen molar-refractivity contribution in [1.29, 1.82) is 0 Å². The molecule has 1 aromatic heterocycles. The summed E-state index contributed by atoms with van der Waals surface area (Å²) in [5, 5.41) is 6.42. The third-order valence-corrected chi connectivity index (χ3v) is 4.63. The van der Waals surface area contributed by atoms with Crippen LogP contribution in [-0.2, 0) is 11.2 Å². The number of rotatable bonds is 7. The Hall–Kier alpha value is -2.33. The van der Waals surface area contributed by atoms with Crippen molar-refractivity contribution in [1.82, 2.24) is 5.32 Å². The first-order chi connectivity index (χ1) is 11.3. The Kier molecular flexibility index (Phi) is 5.27. The van der Waals surface area contributed by atoms with Crippen molar-refractivity contribution in [3.05, 3.63) is 65.5 Å². The van der Waals surface area contributed by atoms with Gasteiger partial charge in [-0.25, -0.2) is 0 Å². The summed E-state index contributed by atoms with van der Waals surface area (Å²) in [6.45, 7) is 1.06. The fraction of sp³-hybridized carbons (Fsp3) is 0.211. The van der Waals surface area contributed by atoms with Gasteiger partial charge >= 0.3 is 0 Å². The molecule has 1 heterocycles. The number of thiophene rings is 1. The smallest absolute Gasteiger partial charge is 0.223 e. The van der Waals surface area contributed by atoms with E-state index >= 15 is 0 Å². The molecule has 3 rings (SSSR count). The fourth-order valence-electron chi connectivity index (χ4n) is 2.43. The zero-order valence-electron chi connectivity index (χ0n) is 12.8. The van der Waals surface area contributed by atoms with Gasteiger partial charge < -0.3 is 10.1 Å². The van der Waals surface area contributed by atoms with Gasteiger partial charge in [0.25, 0.3) is 0 Å². The monoisotopic (exact) mass is 325 g/mol. The van der Waals surface area contributed by atoms with E-state index in [0.29, 0.717) is 19.6 Å². The van der Waals surface area contributed by atoms with Crippen LogP contribution in [0.5, 0.6) is 5.75 Å². The lowest BCUT2D eigenvalue weighted by Crippen LogP contribution is -2.26. The quantitative estimate of drug-likeness (QED) is 0.712. The SMILES string of the molecule is O=C(CCOc1ccccc1)NCCc1csc2ccccc12. The molecule has 1 N–H and O–H groups in total. The van der Waals surface area contributed by atoms with Crippen LogP contribution in [0.1, 0.15) is 12.0 Å². The molecule has 0 unspecified atom stereocenters. The minimum atomic E-state index is 0.0282. The van der Waals surface area contributed by atoms with Gasteiger partial charge in [0, 0.05) is 11.2 Å². The summed E-state index contributed by atoms with van der Waals surface area (Å²) < 4.78 is 6.82. The van der Waals surface area contributed by atoms with Crippen molar-refractivity contribution in [3.8, 4) is 5.75 Å². The number of carbonyl (C=O) groups excluding carboxylic acids is 1. The number of fused-ring (bicyclic) bond motifs is 1. The number of hydrogen-bond donors (Lipinski definition) is 1. The summed E-state index contributed by atoms with van der Waals surface area (Å²) in [6.07, 6.45) is 1.23. The van der Waals surface area contributed by atoms with E-state index in [2.05, 4.69) is 35.0 Å². The minimum absolute atomic E-state index is 0.0282. The van der Waals surface area contributed by atoms with Crippen molar-refractivity contribution in [2.75, 3.05) is 13.2 Å². The molecule has 0 atom stereocenters. The number of carbonyl (C=O) groups is 1. The molecule has 3 aromatic rings. The van der Waals surface area contributed by atoms with Crippen molar-refractivity contribution < 1.29 is 9.53 Å². The Bertz CT molecular complexity index is 767. The standard InChI is InChI=1S/C19H19NO2S/c21-19(11-13-22-16-6-2-1-3-7-16)20-12-10-15-14-23-18-9-5-4-8-17(15)18/h1-9,14H,10-13H2,(H,20,21). The van der Waals surface area contributed by atoms with Crippen molar-refractivity contribution in [2.24, 2.45) is 0 Å². The molecule has 0 aliphatic rings. The first-order valence-corrected chi connectivity index (χ1v) is 8.60. The van der Waals surface area contributed by atoms with E-state index in [1.807, 2.05) is 30.3 Å². The van der Waals surface area contributed by atoms with Crippen molar-refractivity contribution in [2.45, 2.75) is 12.8 Å². The number of amides is 1. The molecule has 0 radical (unpaired) electrons. The van der Waals surface area contributed by atoms with Gasteiger partial charge in [0.15, 0.2) is 0 Å². The molecule has 1 amide bonds. The summed E-state index contributed by atoms with van der Waals surface area (Å²) in [5.41, 5.74) is 1.30. The lowest BCUT2D eigenvalue weighted by atomic mass is 10.1. The van der Waals surface area contributed by atoms with Gasteiger partial charge in [-0.2, -0.15) is 0 Å². The second-order valence-electron chi connectivity index (χ2n) is 5.27. The van der Waals surface area contributed by atoms with Gasteiger partial charge in [0.1, 0.15) is 5.75 Å². The van der Waals surface area contributed by atoms with Gasteiger partial charge in [0.2, 0.25) is 5.91 Å². The van der Waals surface area contributed by atoms with Crippen LogP contribution in [-0.4, -0.2) is 19.1 Å². The average molecular weight is 325 g/mol. The fourth-order valence-corrected chi connectivity index (χ4v) is 3.43. The normalized spacial score (nSPS) is 10.6. The highest BCUT2D eigenvalue weighted by atomic mass is 32.1. The highest BCUT2D eigenvalue weighted by Gasteiger charge is 2.05. The summed E-state index contributed by atoms with van der Waals surface area (Å²) in [5.74, 6) is 0.825. The molecule has 2 aromatic carbocycles. The zero-order chi connectivity index (χ0) is 15.9. The molecule has 0 saturated heterocycles. The Morgan fingerprint density at radius 3 is 2.70 bits per heavy atom. The molecule has 23 heavy (non-hydrogen) atoms. The maximum Gasteiger partial charge on any atom is 0.223 e. The molecule has 3 nitrogen and oxygen atoms in total. The number of hydrogen-bond acceptors (Lipinski definition) is 3. The van der Waals surface area contributed by atoms with E-state index in [-0.39, 0.29) is 5.91 Å². The molecule has 0 aliphatic heterocycles. The molecule has 0 spiro atoms. The average Bonchev–Trinajstić information content (AvgIpc) is 2.99. The Labute approximate surface area is 139 Å². The molecular formula is C19H19NO2S. The number of ether oxygens (including phenoxy) is 1. The second-order valence-corrected chi connectivity index (χ2v) is 6.18. The van der Waals surface area contributed by atoms with Gasteiger partial charge in [-0.3, -0.25) is 4.79 Å². The van der Waals surface area contributed by atoms with E-state index < -0.39 is 0 Å². The number of para-hydroxylation sites is 1. The third kappa shape index (κ3) is 4.33. The van der Waals surface area contributed by atoms with Crippen LogP contribution in [0.4, 0.5) is 0 Å². The van der Waals surface area contributed by atoms with Crippen LogP contribution < -0.4 is 10.1 Å². The predicted molar refractivity (Wildman–Crippen MR) is 95.1 cm³/mol. The van der Waals surface area contributed by atoms with E-state index in [0.717, 1.165) is 12.2 Å². The van der Waals surface area contributed by atoms with E-state index in [9.17, 15) is 4.79 Å².